The first kappa shape index (κ1) is 9.21. The second-order valence-electron chi connectivity index (χ2n) is 3.02. The summed E-state index contributed by atoms with van der Waals surface area (Å²) in [5, 5.41) is 0.577. The molecule has 2 rings (SSSR count). The highest BCUT2D eigenvalue weighted by Gasteiger charge is 2.06. The molecule has 0 radical (unpaired) electrons. The standard InChI is InChI=1S/C9H8BrN3O/c1-4-5(10)2-3-6-7(4)8(14)13-9(11)12-6/h2-3H,1H3,(H3,11,12,13,14). The summed E-state index contributed by atoms with van der Waals surface area (Å²) in [6.07, 6.45) is 0. The number of hydrogen-bond donors (Lipinski definition) is 2. The van der Waals surface area contributed by atoms with Crippen LogP contribution in [0.25, 0.3) is 10.9 Å². The van der Waals surface area contributed by atoms with Crippen LogP contribution >= 0.6 is 15.9 Å². The zero-order valence-corrected chi connectivity index (χ0v) is 9.05. The molecule has 0 amide bonds. The average molecular weight is 254 g/mol. The Morgan fingerprint density at radius 1 is 1.50 bits per heavy atom. The highest BCUT2D eigenvalue weighted by Crippen LogP contribution is 2.21. The maximum absolute atomic E-state index is 11.6. The molecule has 0 saturated heterocycles. The van der Waals surface area contributed by atoms with Crippen LogP contribution in [0.15, 0.2) is 21.4 Å². The number of nitrogen functional groups attached to an aromatic ring is 1. The molecule has 0 aliphatic heterocycles. The SMILES string of the molecule is Cc1c(Br)ccc2nc(N)[nH]c(=O)c12. The van der Waals surface area contributed by atoms with Gasteiger partial charge >= 0.3 is 0 Å². The van der Waals surface area contributed by atoms with Gasteiger partial charge in [-0.15, -0.1) is 0 Å². The minimum Gasteiger partial charge on any atom is -0.369 e. The van der Waals surface area contributed by atoms with Gasteiger partial charge in [-0.2, -0.15) is 0 Å². The molecule has 72 valence electrons. The Hall–Kier alpha value is -1.36. The van der Waals surface area contributed by atoms with Crippen molar-refractivity contribution < 1.29 is 0 Å². The van der Waals surface area contributed by atoms with Gasteiger partial charge in [-0.3, -0.25) is 9.78 Å². The van der Waals surface area contributed by atoms with Crippen LogP contribution in [0.2, 0.25) is 0 Å². The van der Waals surface area contributed by atoms with E-state index in [0.29, 0.717) is 10.9 Å². The molecule has 0 aliphatic rings. The van der Waals surface area contributed by atoms with Gasteiger partial charge in [0.15, 0.2) is 0 Å². The summed E-state index contributed by atoms with van der Waals surface area (Å²) in [6, 6.07) is 3.61. The first-order chi connectivity index (χ1) is 6.59. The van der Waals surface area contributed by atoms with Gasteiger partial charge in [-0.05, 0) is 24.6 Å². The van der Waals surface area contributed by atoms with Crippen LogP contribution < -0.4 is 11.3 Å². The smallest absolute Gasteiger partial charge is 0.260 e. The summed E-state index contributed by atoms with van der Waals surface area (Å²) in [5.74, 6) is 0.143. The van der Waals surface area contributed by atoms with Crippen molar-refractivity contribution in [1.29, 1.82) is 0 Å². The molecule has 5 heteroatoms. The third-order valence-corrected chi connectivity index (χ3v) is 2.95. The molecule has 0 atom stereocenters. The van der Waals surface area contributed by atoms with Gasteiger partial charge in [0.2, 0.25) is 5.95 Å². The number of rotatable bonds is 0. The molecule has 0 saturated carbocycles. The highest BCUT2D eigenvalue weighted by molar-refractivity contribution is 9.10. The van der Waals surface area contributed by atoms with E-state index in [9.17, 15) is 4.79 Å². The normalized spacial score (nSPS) is 10.7. The van der Waals surface area contributed by atoms with Crippen molar-refractivity contribution in [1.82, 2.24) is 9.97 Å². The number of benzene rings is 1. The second kappa shape index (κ2) is 3.09. The topological polar surface area (TPSA) is 71.8 Å². The van der Waals surface area contributed by atoms with E-state index >= 15 is 0 Å². The van der Waals surface area contributed by atoms with Crippen LogP contribution in [0.3, 0.4) is 0 Å². The Morgan fingerprint density at radius 3 is 2.93 bits per heavy atom. The quantitative estimate of drug-likeness (QED) is 0.749. The van der Waals surface area contributed by atoms with Crippen LogP contribution in [0.1, 0.15) is 5.56 Å². The minimum atomic E-state index is -0.202. The molecule has 0 unspecified atom stereocenters. The fourth-order valence-corrected chi connectivity index (χ4v) is 1.72. The lowest BCUT2D eigenvalue weighted by Gasteiger charge is -2.03. The summed E-state index contributed by atoms with van der Waals surface area (Å²) in [4.78, 5) is 18.1. The zero-order valence-electron chi connectivity index (χ0n) is 7.47. The van der Waals surface area contributed by atoms with E-state index in [1.165, 1.54) is 0 Å². The van der Waals surface area contributed by atoms with Crippen LogP contribution in [0, 0.1) is 6.92 Å². The number of aromatic amines is 1. The maximum Gasteiger partial charge on any atom is 0.260 e. The predicted molar refractivity (Wildman–Crippen MR) is 59.2 cm³/mol. The summed E-state index contributed by atoms with van der Waals surface area (Å²) in [5.41, 5.74) is 6.72. The molecule has 2 aromatic rings. The number of fused-ring (bicyclic) bond motifs is 1. The molecular weight excluding hydrogens is 246 g/mol. The van der Waals surface area contributed by atoms with Gasteiger partial charge in [0.1, 0.15) is 0 Å². The van der Waals surface area contributed by atoms with Crippen molar-refractivity contribution >= 4 is 32.8 Å². The molecule has 0 aliphatic carbocycles. The number of aromatic nitrogens is 2. The van der Waals surface area contributed by atoms with Crippen molar-refractivity contribution in [3.63, 3.8) is 0 Å². The highest BCUT2D eigenvalue weighted by atomic mass is 79.9. The van der Waals surface area contributed by atoms with Crippen LogP contribution in [-0.2, 0) is 0 Å². The number of nitrogens with one attached hydrogen (secondary N) is 1. The van der Waals surface area contributed by atoms with Gasteiger partial charge in [-0.1, -0.05) is 15.9 Å². The van der Waals surface area contributed by atoms with Gasteiger partial charge < -0.3 is 5.73 Å². The number of hydrogen-bond acceptors (Lipinski definition) is 3. The summed E-state index contributed by atoms with van der Waals surface area (Å²) < 4.78 is 0.891. The molecule has 14 heavy (non-hydrogen) atoms. The molecule has 0 spiro atoms. The monoisotopic (exact) mass is 253 g/mol. The lowest BCUT2D eigenvalue weighted by molar-refractivity contribution is 1.18. The molecule has 1 aromatic carbocycles. The Kier molecular flexibility index (Phi) is 2.03. The maximum atomic E-state index is 11.6. The number of H-pyrrole nitrogens is 1. The molecule has 0 fully saturated rings. The van der Waals surface area contributed by atoms with Gasteiger partial charge in [-0.25, -0.2) is 4.98 Å². The van der Waals surface area contributed by atoms with E-state index in [-0.39, 0.29) is 11.5 Å². The van der Waals surface area contributed by atoms with Gasteiger partial charge in [0.25, 0.3) is 5.56 Å². The predicted octanol–water partition coefficient (Wildman–Crippen LogP) is 1.58. The van der Waals surface area contributed by atoms with E-state index in [1.54, 1.807) is 6.07 Å². The lowest BCUT2D eigenvalue weighted by Crippen LogP contribution is -2.12. The van der Waals surface area contributed by atoms with E-state index in [1.807, 2.05) is 13.0 Å². The van der Waals surface area contributed by atoms with Crippen LogP contribution in [0.4, 0.5) is 5.95 Å². The first-order valence-corrected chi connectivity index (χ1v) is 4.83. The molecular formula is C9H8BrN3O. The Morgan fingerprint density at radius 2 is 2.21 bits per heavy atom. The summed E-state index contributed by atoms with van der Waals surface area (Å²) in [7, 11) is 0. The fraction of sp³-hybridized carbons (Fsp3) is 0.111. The number of halogens is 1. The Bertz CT molecular complexity index is 562. The van der Waals surface area contributed by atoms with E-state index in [4.69, 9.17) is 5.73 Å². The third-order valence-electron chi connectivity index (χ3n) is 2.09. The Balaban J connectivity index is 3.03. The Labute approximate surface area is 88.3 Å². The number of aryl methyl sites for hydroxylation is 1. The van der Waals surface area contributed by atoms with Crippen molar-refractivity contribution in [2.45, 2.75) is 6.92 Å². The van der Waals surface area contributed by atoms with Crippen molar-refractivity contribution in [3.05, 3.63) is 32.5 Å². The molecule has 3 N–H and O–H groups in total. The van der Waals surface area contributed by atoms with E-state index < -0.39 is 0 Å². The third kappa shape index (κ3) is 1.29. The second-order valence-corrected chi connectivity index (χ2v) is 3.87. The van der Waals surface area contributed by atoms with Gasteiger partial charge in [0, 0.05) is 4.47 Å². The van der Waals surface area contributed by atoms with Gasteiger partial charge in [0.05, 0.1) is 10.9 Å². The largest absolute Gasteiger partial charge is 0.369 e. The van der Waals surface area contributed by atoms with Crippen molar-refractivity contribution in [3.8, 4) is 0 Å². The molecule has 1 aromatic heterocycles. The van der Waals surface area contributed by atoms with E-state index in [2.05, 4.69) is 25.9 Å². The van der Waals surface area contributed by atoms with Crippen LogP contribution in [-0.4, -0.2) is 9.97 Å². The first-order valence-electron chi connectivity index (χ1n) is 4.04. The van der Waals surface area contributed by atoms with Crippen molar-refractivity contribution in [2.24, 2.45) is 0 Å². The zero-order chi connectivity index (χ0) is 10.3. The average Bonchev–Trinajstić information content (AvgIpc) is 2.10. The minimum absolute atomic E-state index is 0.143. The summed E-state index contributed by atoms with van der Waals surface area (Å²) >= 11 is 3.36. The van der Waals surface area contributed by atoms with E-state index in [0.717, 1.165) is 10.0 Å². The lowest BCUT2D eigenvalue weighted by atomic mass is 10.1. The summed E-state index contributed by atoms with van der Waals surface area (Å²) in [6.45, 7) is 1.86. The number of nitrogens with zero attached hydrogens (tertiary/aromatic N) is 1. The molecule has 0 bridgehead atoms. The molecule has 1 heterocycles. The fourth-order valence-electron chi connectivity index (χ4n) is 1.39. The molecule has 4 nitrogen and oxygen atoms in total. The number of nitrogens with two attached hydrogens (primary N) is 1. The number of anilines is 1. The van der Waals surface area contributed by atoms with Crippen LogP contribution in [0.5, 0.6) is 0 Å². The van der Waals surface area contributed by atoms with Crippen molar-refractivity contribution in [2.75, 3.05) is 5.73 Å².